The van der Waals surface area contributed by atoms with Gasteiger partial charge in [-0.05, 0) is 37.6 Å². The van der Waals surface area contributed by atoms with Crippen LogP contribution in [-0.2, 0) is 0 Å². The first-order chi connectivity index (χ1) is 9.27. The normalized spacial score (nSPS) is 11.5. The summed E-state index contributed by atoms with van der Waals surface area (Å²) in [6, 6.07) is 8.29. The van der Waals surface area contributed by atoms with Crippen LogP contribution in [0.25, 0.3) is 23.1 Å². The molecule has 0 bridgehead atoms. The van der Waals surface area contributed by atoms with Crippen molar-refractivity contribution in [2.75, 3.05) is 0 Å². The van der Waals surface area contributed by atoms with Crippen LogP contribution in [0.4, 0.5) is 0 Å². The van der Waals surface area contributed by atoms with Gasteiger partial charge in [0.1, 0.15) is 0 Å². The molecule has 0 fully saturated rings. The Morgan fingerprint density at radius 2 is 1.47 bits per heavy atom. The number of hydrogen-bond acceptors (Lipinski definition) is 1. The monoisotopic (exact) mass is 257 g/mol. The van der Waals surface area contributed by atoms with Crippen LogP contribution in [0.3, 0.4) is 0 Å². The third-order valence-electron chi connectivity index (χ3n) is 2.79. The Balaban J connectivity index is 0.000000741. The second kappa shape index (κ2) is 9.32. The van der Waals surface area contributed by atoms with Crippen LogP contribution >= 0.6 is 0 Å². The molecule has 0 N–H and O–H groups in total. The van der Waals surface area contributed by atoms with Gasteiger partial charge in [-0.3, -0.25) is 0 Å². The quantitative estimate of drug-likeness (QED) is 0.689. The number of aryl methyl sites for hydroxylation is 1. The number of hydrogen-bond donors (Lipinski definition) is 0. The van der Waals surface area contributed by atoms with Gasteiger partial charge < -0.3 is 0 Å². The van der Waals surface area contributed by atoms with Crippen molar-refractivity contribution in [3.8, 4) is 0 Å². The standard InChI is InChI=1S/C14H15N.2C2H6/c1-4-11-10(3)12-8-6-7-9-14(12)15-13(11)5-2;2*1-2/h4-9H,1-3H3;2*1-2H3/b11-4-,13-5+;;. The number of rotatable bonds is 0. The fourth-order valence-electron chi connectivity index (χ4n) is 2.00. The van der Waals surface area contributed by atoms with Crippen LogP contribution in [0.15, 0.2) is 24.3 Å². The molecule has 0 spiro atoms. The Hall–Kier alpha value is -1.63. The van der Waals surface area contributed by atoms with Gasteiger partial charge in [0.05, 0.1) is 10.9 Å². The van der Waals surface area contributed by atoms with Gasteiger partial charge in [0.15, 0.2) is 0 Å². The number of pyridine rings is 1. The maximum Gasteiger partial charge on any atom is 0.0712 e. The van der Waals surface area contributed by atoms with Crippen LogP contribution < -0.4 is 10.6 Å². The summed E-state index contributed by atoms with van der Waals surface area (Å²) in [5.74, 6) is 0. The third-order valence-corrected chi connectivity index (χ3v) is 2.79. The number of nitrogens with zero attached hydrogens (tertiary/aromatic N) is 1. The molecule has 2 rings (SSSR count). The molecule has 0 unspecified atom stereocenters. The zero-order chi connectivity index (χ0) is 14.8. The summed E-state index contributed by atoms with van der Waals surface area (Å²) in [6.07, 6.45) is 4.19. The molecular weight excluding hydrogens is 230 g/mol. The molecule has 0 aliphatic rings. The van der Waals surface area contributed by atoms with Crippen molar-refractivity contribution >= 4 is 23.1 Å². The number of aromatic nitrogens is 1. The van der Waals surface area contributed by atoms with E-state index >= 15 is 0 Å². The molecule has 0 atom stereocenters. The first-order valence-electron chi connectivity index (χ1n) is 7.26. The SMILES string of the molecule is C/C=c1/c(C)c2ccccc2n/c1=C/C.CC.CC. The first-order valence-corrected chi connectivity index (χ1v) is 7.26. The van der Waals surface area contributed by atoms with Gasteiger partial charge >= 0.3 is 0 Å². The highest BCUT2D eigenvalue weighted by Gasteiger charge is 1.99. The molecule has 0 aliphatic carbocycles. The Kier molecular flexibility index (Phi) is 8.52. The van der Waals surface area contributed by atoms with E-state index in [0.29, 0.717) is 0 Å². The second-order valence-corrected chi connectivity index (χ2v) is 3.63. The van der Waals surface area contributed by atoms with E-state index in [-0.39, 0.29) is 0 Å². The number of fused-ring (bicyclic) bond motifs is 1. The number of benzene rings is 1. The van der Waals surface area contributed by atoms with E-state index in [1.165, 1.54) is 16.2 Å². The van der Waals surface area contributed by atoms with E-state index in [0.717, 1.165) is 10.9 Å². The van der Waals surface area contributed by atoms with Gasteiger partial charge in [-0.15, -0.1) is 0 Å². The van der Waals surface area contributed by atoms with E-state index in [1.807, 2.05) is 40.7 Å². The van der Waals surface area contributed by atoms with Crippen LogP contribution in [0.2, 0.25) is 0 Å². The summed E-state index contributed by atoms with van der Waals surface area (Å²) in [5.41, 5.74) is 2.39. The molecule has 0 saturated carbocycles. The maximum atomic E-state index is 4.64. The molecule has 0 saturated heterocycles. The van der Waals surface area contributed by atoms with Crippen LogP contribution in [-0.4, -0.2) is 4.98 Å². The second-order valence-electron chi connectivity index (χ2n) is 3.63. The zero-order valence-electron chi connectivity index (χ0n) is 13.4. The molecule has 1 aromatic carbocycles. The molecule has 1 aromatic heterocycles. The van der Waals surface area contributed by atoms with E-state index in [4.69, 9.17) is 0 Å². The smallest absolute Gasteiger partial charge is 0.0712 e. The molecule has 0 amide bonds. The Bertz CT molecular complexity index is 609. The Morgan fingerprint density at radius 1 is 0.895 bits per heavy atom. The van der Waals surface area contributed by atoms with Crippen molar-refractivity contribution in [2.24, 2.45) is 0 Å². The summed E-state index contributed by atoms with van der Waals surface area (Å²) < 4.78 is 0. The lowest BCUT2D eigenvalue weighted by Crippen LogP contribution is -2.30. The van der Waals surface area contributed by atoms with Crippen molar-refractivity contribution < 1.29 is 0 Å². The van der Waals surface area contributed by atoms with Crippen molar-refractivity contribution in [2.45, 2.75) is 48.5 Å². The summed E-state index contributed by atoms with van der Waals surface area (Å²) in [5, 5.41) is 3.57. The first kappa shape index (κ1) is 17.4. The maximum absolute atomic E-state index is 4.64. The molecule has 0 aliphatic heterocycles. The minimum absolute atomic E-state index is 1.08. The van der Waals surface area contributed by atoms with Gasteiger partial charge in [-0.1, -0.05) is 58.0 Å². The molecule has 19 heavy (non-hydrogen) atoms. The van der Waals surface area contributed by atoms with Gasteiger partial charge in [0, 0.05) is 5.39 Å². The molecule has 1 nitrogen and oxygen atoms in total. The lowest BCUT2D eigenvalue weighted by Gasteiger charge is -2.02. The Labute approximate surface area is 117 Å². The molecule has 104 valence electrons. The van der Waals surface area contributed by atoms with Crippen molar-refractivity contribution in [3.05, 3.63) is 40.4 Å². The average molecular weight is 257 g/mol. The number of para-hydroxylation sites is 1. The lowest BCUT2D eigenvalue weighted by atomic mass is 10.1. The fraction of sp³-hybridized carbons (Fsp3) is 0.389. The minimum Gasteiger partial charge on any atom is -0.248 e. The molecule has 1 heteroatoms. The molecule has 0 radical (unpaired) electrons. The summed E-state index contributed by atoms with van der Waals surface area (Å²) in [4.78, 5) is 4.64. The topological polar surface area (TPSA) is 12.9 Å². The van der Waals surface area contributed by atoms with Crippen LogP contribution in [0, 0.1) is 6.92 Å². The van der Waals surface area contributed by atoms with Crippen molar-refractivity contribution in [3.63, 3.8) is 0 Å². The van der Waals surface area contributed by atoms with Gasteiger partial charge in [0.25, 0.3) is 0 Å². The summed E-state index contributed by atoms with van der Waals surface area (Å²) in [7, 11) is 0. The van der Waals surface area contributed by atoms with Gasteiger partial charge in [-0.2, -0.15) is 0 Å². The fourth-order valence-corrected chi connectivity index (χ4v) is 2.00. The van der Waals surface area contributed by atoms with E-state index < -0.39 is 0 Å². The highest BCUT2D eigenvalue weighted by atomic mass is 14.7. The lowest BCUT2D eigenvalue weighted by molar-refractivity contribution is 1.24. The van der Waals surface area contributed by atoms with E-state index in [9.17, 15) is 0 Å². The van der Waals surface area contributed by atoms with Gasteiger partial charge in [0.2, 0.25) is 0 Å². The van der Waals surface area contributed by atoms with E-state index in [1.54, 1.807) is 0 Å². The van der Waals surface area contributed by atoms with Crippen LogP contribution in [0.5, 0.6) is 0 Å². The van der Waals surface area contributed by atoms with Crippen LogP contribution in [0.1, 0.15) is 47.1 Å². The Morgan fingerprint density at radius 3 is 2.00 bits per heavy atom. The third kappa shape index (κ3) is 3.92. The van der Waals surface area contributed by atoms with Crippen molar-refractivity contribution in [1.29, 1.82) is 0 Å². The van der Waals surface area contributed by atoms with Crippen molar-refractivity contribution in [1.82, 2.24) is 4.98 Å². The average Bonchev–Trinajstić information content (AvgIpc) is 2.51. The predicted octanol–water partition coefficient (Wildman–Crippen LogP) is 4.20. The zero-order valence-corrected chi connectivity index (χ0v) is 13.4. The highest BCUT2D eigenvalue weighted by Crippen LogP contribution is 2.10. The minimum atomic E-state index is 1.08. The van der Waals surface area contributed by atoms with Gasteiger partial charge in [-0.25, -0.2) is 4.98 Å². The highest BCUT2D eigenvalue weighted by molar-refractivity contribution is 5.82. The molecule has 1 heterocycles. The largest absolute Gasteiger partial charge is 0.248 e. The predicted molar refractivity (Wildman–Crippen MR) is 88.7 cm³/mol. The molecular formula is C18H27N. The summed E-state index contributed by atoms with van der Waals surface area (Å²) >= 11 is 0. The van der Waals surface area contributed by atoms with E-state index in [2.05, 4.69) is 49.2 Å². The summed E-state index contributed by atoms with van der Waals surface area (Å²) in [6.45, 7) is 14.3. The molecule has 2 aromatic rings.